The van der Waals surface area contributed by atoms with E-state index >= 15 is 0 Å². The Morgan fingerprint density at radius 2 is 2.21 bits per heavy atom. The molecule has 2 rings (SSSR count). The molecule has 0 spiro atoms. The van der Waals surface area contributed by atoms with E-state index in [1.54, 1.807) is 41.5 Å². The highest BCUT2D eigenvalue weighted by atomic mass is 35.5. The number of hydrogen-bond donors (Lipinski definition) is 1. The minimum atomic E-state index is -0.125. The maximum Gasteiger partial charge on any atom is 0.254 e. The van der Waals surface area contributed by atoms with Gasteiger partial charge in [-0.25, -0.2) is 4.98 Å². The van der Waals surface area contributed by atoms with E-state index in [0.717, 1.165) is 10.7 Å². The van der Waals surface area contributed by atoms with Crippen LogP contribution in [-0.4, -0.2) is 22.8 Å². The number of carbonyl (C=O) groups is 1. The number of rotatable bonds is 3. The average molecular weight is 296 g/mol. The first kappa shape index (κ1) is 13.8. The van der Waals surface area contributed by atoms with E-state index < -0.39 is 0 Å². The van der Waals surface area contributed by atoms with Crippen molar-refractivity contribution in [2.45, 2.75) is 13.5 Å². The van der Waals surface area contributed by atoms with Crippen molar-refractivity contribution in [3.8, 4) is 0 Å². The number of aryl methyl sites for hydroxylation is 1. The van der Waals surface area contributed by atoms with E-state index in [1.807, 2.05) is 12.3 Å². The Labute approximate surface area is 120 Å². The van der Waals surface area contributed by atoms with Gasteiger partial charge in [0.1, 0.15) is 0 Å². The summed E-state index contributed by atoms with van der Waals surface area (Å²) in [5.41, 5.74) is 7.54. The van der Waals surface area contributed by atoms with E-state index in [2.05, 4.69) is 4.98 Å². The van der Waals surface area contributed by atoms with Crippen molar-refractivity contribution in [1.82, 2.24) is 9.88 Å². The molecule has 2 N–H and O–H groups in total. The van der Waals surface area contributed by atoms with Crippen molar-refractivity contribution in [2.24, 2.45) is 0 Å². The molecule has 0 saturated heterocycles. The first-order chi connectivity index (χ1) is 8.95. The Morgan fingerprint density at radius 3 is 2.79 bits per heavy atom. The lowest BCUT2D eigenvalue weighted by Gasteiger charge is -2.16. The standard InChI is InChI=1S/C13H14ClN3OS/c1-8-16-12(7-19-8)6-17(2)13(18)9-3-10(14)5-11(15)4-9/h3-5,7H,6,15H2,1-2H3. The Kier molecular flexibility index (Phi) is 4.07. The van der Waals surface area contributed by atoms with Gasteiger partial charge in [-0.2, -0.15) is 0 Å². The molecule has 0 fully saturated rings. The van der Waals surface area contributed by atoms with Crippen LogP contribution in [0.25, 0.3) is 0 Å². The van der Waals surface area contributed by atoms with Crippen molar-refractivity contribution in [2.75, 3.05) is 12.8 Å². The molecule has 100 valence electrons. The molecule has 0 aliphatic heterocycles. The normalized spacial score (nSPS) is 10.5. The fourth-order valence-electron chi connectivity index (χ4n) is 1.75. The zero-order valence-electron chi connectivity index (χ0n) is 10.7. The van der Waals surface area contributed by atoms with Gasteiger partial charge < -0.3 is 10.6 Å². The quantitative estimate of drug-likeness (QED) is 0.886. The molecular formula is C13H14ClN3OS. The molecule has 1 aromatic carbocycles. The van der Waals surface area contributed by atoms with Gasteiger partial charge in [0.15, 0.2) is 0 Å². The minimum absolute atomic E-state index is 0.125. The van der Waals surface area contributed by atoms with Crippen LogP contribution in [0.15, 0.2) is 23.6 Å². The minimum Gasteiger partial charge on any atom is -0.399 e. The topological polar surface area (TPSA) is 59.2 Å². The highest BCUT2D eigenvalue weighted by Gasteiger charge is 2.14. The third-order valence-corrected chi connectivity index (χ3v) is 3.62. The maximum atomic E-state index is 12.2. The average Bonchev–Trinajstić information content (AvgIpc) is 2.72. The molecule has 0 bridgehead atoms. The fraction of sp³-hybridized carbons (Fsp3) is 0.231. The molecule has 1 amide bonds. The van der Waals surface area contributed by atoms with Gasteiger partial charge in [0.25, 0.3) is 5.91 Å². The van der Waals surface area contributed by atoms with Gasteiger partial charge in [-0.1, -0.05) is 11.6 Å². The summed E-state index contributed by atoms with van der Waals surface area (Å²) in [7, 11) is 1.73. The lowest BCUT2D eigenvalue weighted by atomic mass is 10.2. The summed E-state index contributed by atoms with van der Waals surface area (Å²) in [6, 6.07) is 4.85. The molecule has 0 saturated carbocycles. The molecule has 0 atom stereocenters. The van der Waals surface area contributed by atoms with Crippen molar-refractivity contribution < 1.29 is 4.79 Å². The van der Waals surface area contributed by atoms with Crippen molar-refractivity contribution >= 4 is 34.5 Å². The zero-order chi connectivity index (χ0) is 14.0. The summed E-state index contributed by atoms with van der Waals surface area (Å²) < 4.78 is 0. The summed E-state index contributed by atoms with van der Waals surface area (Å²) in [4.78, 5) is 18.2. The molecule has 4 nitrogen and oxygen atoms in total. The van der Waals surface area contributed by atoms with Gasteiger partial charge >= 0.3 is 0 Å². The highest BCUT2D eigenvalue weighted by Crippen LogP contribution is 2.18. The molecule has 2 aromatic rings. The smallest absolute Gasteiger partial charge is 0.254 e. The molecule has 1 aromatic heterocycles. The molecule has 1 heterocycles. The van der Waals surface area contributed by atoms with Gasteiger partial charge in [-0.05, 0) is 25.1 Å². The number of aromatic nitrogens is 1. The van der Waals surface area contributed by atoms with Crippen LogP contribution in [0.1, 0.15) is 21.1 Å². The lowest BCUT2D eigenvalue weighted by Crippen LogP contribution is -2.26. The van der Waals surface area contributed by atoms with Crippen LogP contribution in [0, 0.1) is 6.92 Å². The molecule has 19 heavy (non-hydrogen) atoms. The van der Waals surface area contributed by atoms with E-state index in [-0.39, 0.29) is 5.91 Å². The number of benzene rings is 1. The van der Waals surface area contributed by atoms with E-state index in [4.69, 9.17) is 17.3 Å². The van der Waals surface area contributed by atoms with Crippen LogP contribution < -0.4 is 5.73 Å². The van der Waals surface area contributed by atoms with E-state index in [1.165, 1.54) is 0 Å². The Hall–Kier alpha value is -1.59. The van der Waals surface area contributed by atoms with Gasteiger partial charge in [-0.3, -0.25) is 4.79 Å². The highest BCUT2D eigenvalue weighted by molar-refractivity contribution is 7.09. The number of carbonyl (C=O) groups excluding carboxylic acids is 1. The SMILES string of the molecule is Cc1nc(CN(C)C(=O)c2cc(N)cc(Cl)c2)cs1. The first-order valence-electron chi connectivity index (χ1n) is 5.68. The van der Waals surface area contributed by atoms with Crippen LogP contribution in [0.3, 0.4) is 0 Å². The predicted molar refractivity (Wildman–Crippen MR) is 78.5 cm³/mol. The molecule has 6 heteroatoms. The van der Waals surface area contributed by atoms with E-state index in [0.29, 0.717) is 22.8 Å². The Bertz CT molecular complexity index is 591. The Balaban J connectivity index is 2.14. The zero-order valence-corrected chi connectivity index (χ0v) is 12.3. The van der Waals surface area contributed by atoms with Gasteiger partial charge in [0.05, 0.1) is 17.2 Å². The summed E-state index contributed by atoms with van der Waals surface area (Å²) in [6.07, 6.45) is 0. The largest absolute Gasteiger partial charge is 0.399 e. The summed E-state index contributed by atoms with van der Waals surface area (Å²) in [5, 5.41) is 3.40. The number of hydrogen-bond acceptors (Lipinski definition) is 4. The van der Waals surface area contributed by atoms with E-state index in [9.17, 15) is 4.79 Å². The second kappa shape index (κ2) is 5.59. The van der Waals surface area contributed by atoms with Crippen LogP contribution in [0.4, 0.5) is 5.69 Å². The molecule has 0 unspecified atom stereocenters. The second-order valence-corrected chi connectivity index (χ2v) is 5.79. The monoisotopic (exact) mass is 295 g/mol. The number of amides is 1. The molecule has 0 aliphatic rings. The lowest BCUT2D eigenvalue weighted by molar-refractivity contribution is 0.0783. The van der Waals surface area contributed by atoms with Crippen molar-refractivity contribution in [3.63, 3.8) is 0 Å². The molecular weight excluding hydrogens is 282 g/mol. The first-order valence-corrected chi connectivity index (χ1v) is 6.94. The summed E-state index contributed by atoms with van der Waals surface area (Å²) in [5.74, 6) is -0.125. The van der Waals surface area contributed by atoms with Crippen LogP contribution >= 0.6 is 22.9 Å². The van der Waals surface area contributed by atoms with Gasteiger partial charge in [-0.15, -0.1) is 11.3 Å². The molecule has 0 aliphatic carbocycles. The van der Waals surface area contributed by atoms with Crippen molar-refractivity contribution in [1.29, 1.82) is 0 Å². The number of nitrogens with two attached hydrogens (primary N) is 1. The van der Waals surface area contributed by atoms with Gasteiger partial charge in [0.2, 0.25) is 0 Å². The summed E-state index contributed by atoms with van der Waals surface area (Å²) >= 11 is 7.47. The van der Waals surface area contributed by atoms with Crippen LogP contribution in [0.5, 0.6) is 0 Å². The predicted octanol–water partition coefficient (Wildman–Crippen LogP) is 2.96. The van der Waals surface area contributed by atoms with Gasteiger partial charge in [0, 0.05) is 28.7 Å². The fourth-order valence-corrected chi connectivity index (χ4v) is 2.60. The number of nitrogen functional groups attached to an aromatic ring is 1. The third-order valence-electron chi connectivity index (χ3n) is 2.58. The van der Waals surface area contributed by atoms with Crippen molar-refractivity contribution in [3.05, 3.63) is 44.9 Å². The Morgan fingerprint density at radius 1 is 1.47 bits per heavy atom. The van der Waals surface area contributed by atoms with Crippen LogP contribution in [0.2, 0.25) is 5.02 Å². The second-order valence-electron chi connectivity index (χ2n) is 4.29. The number of halogens is 1. The number of nitrogens with zero attached hydrogens (tertiary/aromatic N) is 2. The summed E-state index contributed by atoms with van der Waals surface area (Å²) in [6.45, 7) is 2.41. The number of thiazole rings is 1. The van der Waals surface area contributed by atoms with Crippen LogP contribution in [-0.2, 0) is 6.54 Å². The number of anilines is 1. The third kappa shape index (κ3) is 3.45. The maximum absolute atomic E-state index is 12.2. The molecule has 0 radical (unpaired) electrons.